The van der Waals surface area contributed by atoms with E-state index in [2.05, 4.69) is 0 Å². The minimum Gasteiger partial charge on any atom is -0.488 e. The number of nitrogens with two attached hydrogens (primary N) is 1. The zero-order chi connectivity index (χ0) is 17.1. The van der Waals surface area contributed by atoms with Crippen LogP contribution < -0.4 is 10.5 Å². The number of benzene rings is 2. The van der Waals surface area contributed by atoms with Crippen LogP contribution in [0.1, 0.15) is 12.0 Å². The highest BCUT2D eigenvalue weighted by atomic mass is 19.1. The second kappa shape index (κ2) is 6.69. The summed E-state index contributed by atoms with van der Waals surface area (Å²) in [5, 5.41) is 9.13. The fourth-order valence-electron chi connectivity index (χ4n) is 2.64. The van der Waals surface area contributed by atoms with Gasteiger partial charge in [0.2, 0.25) is 5.91 Å². The van der Waals surface area contributed by atoms with Gasteiger partial charge in [-0.25, -0.2) is 4.39 Å². The molecule has 1 unspecified atom stereocenters. The molecule has 1 aliphatic heterocycles. The van der Waals surface area contributed by atoms with Crippen LogP contribution in [0.15, 0.2) is 42.5 Å². The molecule has 2 aromatic rings. The summed E-state index contributed by atoms with van der Waals surface area (Å²) in [5.74, 6) is -0.310. The number of halogens is 1. The standard InChI is InChI=1S/C18H15FN2O3/c19-13-3-6-16(12(7-13)9-20)11-1-4-14(5-2-11)24-15-8-17(18(21)22)23-10-15/h1-7,15,17H,8,10H2,(H2,21,22)/t15-,17?/m0/s1. The van der Waals surface area contributed by atoms with E-state index in [9.17, 15) is 9.18 Å². The van der Waals surface area contributed by atoms with Crippen LogP contribution in [-0.2, 0) is 9.53 Å². The van der Waals surface area contributed by atoms with Crippen LogP contribution in [0.25, 0.3) is 11.1 Å². The number of hydrogen-bond acceptors (Lipinski definition) is 4. The Balaban J connectivity index is 1.73. The normalized spacial score (nSPS) is 19.7. The fourth-order valence-corrected chi connectivity index (χ4v) is 2.64. The van der Waals surface area contributed by atoms with Crippen molar-refractivity contribution in [3.63, 3.8) is 0 Å². The van der Waals surface area contributed by atoms with E-state index in [0.29, 0.717) is 24.3 Å². The van der Waals surface area contributed by atoms with Gasteiger partial charge in [0.15, 0.2) is 0 Å². The van der Waals surface area contributed by atoms with Crippen molar-refractivity contribution in [2.75, 3.05) is 6.61 Å². The lowest BCUT2D eigenvalue weighted by atomic mass is 10.0. The summed E-state index contributed by atoms with van der Waals surface area (Å²) in [6, 6.07) is 13.2. The van der Waals surface area contributed by atoms with E-state index in [-0.39, 0.29) is 11.7 Å². The Bertz CT molecular complexity index is 799. The summed E-state index contributed by atoms with van der Waals surface area (Å²) in [6.45, 7) is 0.311. The summed E-state index contributed by atoms with van der Waals surface area (Å²) in [4.78, 5) is 11.1. The van der Waals surface area contributed by atoms with Gasteiger partial charge in [-0.3, -0.25) is 4.79 Å². The Morgan fingerprint density at radius 3 is 2.67 bits per heavy atom. The van der Waals surface area contributed by atoms with E-state index in [4.69, 9.17) is 20.5 Å². The second-order valence-corrected chi connectivity index (χ2v) is 5.53. The van der Waals surface area contributed by atoms with Crippen molar-refractivity contribution in [1.82, 2.24) is 0 Å². The first-order valence-electron chi connectivity index (χ1n) is 7.44. The van der Waals surface area contributed by atoms with Gasteiger partial charge in [0.1, 0.15) is 23.8 Å². The van der Waals surface area contributed by atoms with E-state index in [0.717, 1.165) is 5.56 Å². The molecule has 2 N–H and O–H groups in total. The largest absolute Gasteiger partial charge is 0.488 e. The third-order valence-corrected chi connectivity index (χ3v) is 3.85. The Morgan fingerprint density at radius 1 is 1.29 bits per heavy atom. The maximum Gasteiger partial charge on any atom is 0.246 e. The molecule has 0 aromatic heterocycles. The summed E-state index contributed by atoms with van der Waals surface area (Å²) in [6.07, 6.45) is -0.409. The third kappa shape index (κ3) is 3.36. The average Bonchev–Trinajstić information content (AvgIpc) is 3.04. The second-order valence-electron chi connectivity index (χ2n) is 5.53. The van der Waals surface area contributed by atoms with Crippen LogP contribution in [0.5, 0.6) is 5.75 Å². The number of amides is 1. The molecule has 0 aliphatic carbocycles. The topological polar surface area (TPSA) is 85.3 Å². The number of primary amides is 1. The van der Waals surface area contributed by atoms with Crippen LogP contribution in [0.4, 0.5) is 4.39 Å². The number of nitrogens with zero attached hydrogens (tertiary/aromatic N) is 1. The predicted molar refractivity (Wildman–Crippen MR) is 84.5 cm³/mol. The van der Waals surface area contributed by atoms with Crippen molar-refractivity contribution in [1.29, 1.82) is 5.26 Å². The van der Waals surface area contributed by atoms with E-state index < -0.39 is 17.8 Å². The molecule has 3 rings (SSSR count). The molecule has 1 fully saturated rings. The van der Waals surface area contributed by atoms with Crippen LogP contribution in [0, 0.1) is 17.1 Å². The third-order valence-electron chi connectivity index (χ3n) is 3.85. The van der Waals surface area contributed by atoms with E-state index in [1.54, 1.807) is 30.3 Å². The molecule has 1 saturated heterocycles. The van der Waals surface area contributed by atoms with Gasteiger partial charge in [0.05, 0.1) is 18.2 Å². The van der Waals surface area contributed by atoms with Crippen molar-refractivity contribution in [2.24, 2.45) is 5.73 Å². The predicted octanol–water partition coefficient (Wildman–Crippen LogP) is 2.39. The Kier molecular flexibility index (Phi) is 4.45. The number of hydrogen-bond donors (Lipinski definition) is 1. The van der Waals surface area contributed by atoms with E-state index >= 15 is 0 Å². The lowest BCUT2D eigenvalue weighted by Gasteiger charge is -2.12. The van der Waals surface area contributed by atoms with Gasteiger partial charge in [0.25, 0.3) is 0 Å². The van der Waals surface area contributed by atoms with Crippen molar-refractivity contribution in [3.05, 3.63) is 53.8 Å². The van der Waals surface area contributed by atoms with Crippen molar-refractivity contribution in [3.8, 4) is 22.9 Å². The van der Waals surface area contributed by atoms with Crippen LogP contribution in [0.3, 0.4) is 0 Å². The molecule has 0 bridgehead atoms. The van der Waals surface area contributed by atoms with Gasteiger partial charge in [-0.15, -0.1) is 0 Å². The van der Waals surface area contributed by atoms with Crippen molar-refractivity contribution < 1.29 is 18.7 Å². The smallest absolute Gasteiger partial charge is 0.246 e. The molecule has 122 valence electrons. The number of nitriles is 1. The SMILES string of the molecule is N#Cc1cc(F)ccc1-c1ccc(O[C@@H]2COC(C(N)=O)C2)cc1. The van der Waals surface area contributed by atoms with Crippen LogP contribution in [0.2, 0.25) is 0 Å². The Hall–Kier alpha value is -2.91. The quantitative estimate of drug-likeness (QED) is 0.935. The first kappa shape index (κ1) is 16.0. The molecule has 1 amide bonds. The zero-order valence-electron chi connectivity index (χ0n) is 12.7. The lowest BCUT2D eigenvalue weighted by molar-refractivity contribution is -0.126. The maximum atomic E-state index is 13.2. The van der Waals surface area contributed by atoms with Gasteiger partial charge >= 0.3 is 0 Å². The van der Waals surface area contributed by atoms with E-state index in [1.807, 2.05) is 6.07 Å². The molecule has 1 heterocycles. The molecular formula is C18H15FN2O3. The first-order chi connectivity index (χ1) is 11.6. The van der Waals surface area contributed by atoms with Gasteiger partial charge in [-0.1, -0.05) is 18.2 Å². The lowest BCUT2D eigenvalue weighted by Crippen LogP contribution is -2.28. The summed E-state index contributed by atoms with van der Waals surface area (Å²) in [5.41, 5.74) is 6.92. The molecule has 0 spiro atoms. The molecule has 0 saturated carbocycles. The molecule has 1 aliphatic rings. The monoisotopic (exact) mass is 326 g/mol. The molecule has 2 aromatic carbocycles. The fraction of sp³-hybridized carbons (Fsp3) is 0.222. The number of ether oxygens (including phenoxy) is 2. The number of carbonyl (C=O) groups is 1. The Morgan fingerprint density at radius 2 is 2.04 bits per heavy atom. The minimum atomic E-state index is -0.605. The van der Waals surface area contributed by atoms with Gasteiger partial charge in [0, 0.05) is 6.42 Å². The highest BCUT2D eigenvalue weighted by Crippen LogP contribution is 2.27. The molecule has 2 atom stereocenters. The average molecular weight is 326 g/mol. The van der Waals surface area contributed by atoms with Crippen LogP contribution in [-0.4, -0.2) is 24.7 Å². The van der Waals surface area contributed by atoms with Crippen molar-refractivity contribution in [2.45, 2.75) is 18.6 Å². The number of rotatable bonds is 4. The van der Waals surface area contributed by atoms with Gasteiger partial charge in [-0.2, -0.15) is 5.26 Å². The molecule has 0 radical (unpaired) electrons. The van der Waals surface area contributed by atoms with Crippen molar-refractivity contribution >= 4 is 5.91 Å². The molecule has 6 heteroatoms. The zero-order valence-corrected chi connectivity index (χ0v) is 12.7. The maximum absolute atomic E-state index is 13.2. The molecule has 24 heavy (non-hydrogen) atoms. The minimum absolute atomic E-state index is 0.228. The van der Waals surface area contributed by atoms with Gasteiger partial charge < -0.3 is 15.2 Å². The summed E-state index contributed by atoms with van der Waals surface area (Å²) < 4.78 is 24.2. The summed E-state index contributed by atoms with van der Waals surface area (Å²) >= 11 is 0. The van der Waals surface area contributed by atoms with Crippen LogP contribution >= 0.6 is 0 Å². The summed E-state index contributed by atoms with van der Waals surface area (Å²) in [7, 11) is 0. The molecular weight excluding hydrogens is 311 g/mol. The Labute approximate surface area is 138 Å². The number of carbonyl (C=O) groups excluding carboxylic acids is 1. The highest BCUT2D eigenvalue weighted by Gasteiger charge is 2.30. The highest BCUT2D eigenvalue weighted by molar-refractivity contribution is 5.79. The molecule has 5 nitrogen and oxygen atoms in total. The van der Waals surface area contributed by atoms with Gasteiger partial charge in [-0.05, 0) is 35.4 Å². The van der Waals surface area contributed by atoms with E-state index in [1.165, 1.54) is 12.1 Å². The first-order valence-corrected chi connectivity index (χ1v) is 7.44.